The number of hydrogen-bond donors (Lipinski definition) is 3. The highest BCUT2D eigenvalue weighted by molar-refractivity contribution is 6.31. The van der Waals surface area contributed by atoms with E-state index in [1.807, 2.05) is 42.5 Å². The van der Waals surface area contributed by atoms with E-state index in [4.69, 9.17) is 27.2 Å². The topological polar surface area (TPSA) is 69.0 Å². The largest absolute Gasteiger partial charge is 0.484 e. The van der Waals surface area contributed by atoms with Crippen LogP contribution in [0, 0.1) is 10.8 Å². The molecule has 2 aromatic rings. The van der Waals surface area contributed by atoms with Gasteiger partial charge in [0.2, 0.25) is 0 Å². The number of methoxy groups -OCH3 is 1. The second-order valence-corrected chi connectivity index (χ2v) is 5.61. The molecule has 23 heavy (non-hydrogen) atoms. The maximum Gasteiger partial charge on any atom is 0.182 e. The van der Waals surface area contributed by atoms with Crippen molar-refractivity contribution in [3.63, 3.8) is 0 Å². The minimum Gasteiger partial charge on any atom is -0.484 e. The molecule has 0 aliphatic rings. The highest BCUT2D eigenvalue weighted by Gasteiger charge is 2.18. The Bertz CT molecular complexity index is 673. The van der Waals surface area contributed by atoms with E-state index in [0.29, 0.717) is 23.7 Å². The van der Waals surface area contributed by atoms with Gasteiger partial charge in [0.15, 0.2) is 5.90 Å². The van der Waals surface area contributed by atoms with Crippen LogP contribution in [-0.2, 0) is 11.3 Å². The van der Waals surface area contributed by atoms with Crippen molar-refractivity contribution in [1.29, 1.82) is 10.8 Å². The number of halogens is 1. The normalized spacial score (nSPS) is 11.7. The lowest BCUT2D eigenvalue weighted by Gasteiger charge is -2.20. The predicted molar refractivity (Wildman–Crippen MR) is 94.7 cm³/mol. The van der Waals surface area contributed by atoms with E-state index in [9.17, 15) is 0 Å². The van der Waals surface area contributed by atoms with Gasteiger partial charge in [-0.2, -0.15) is 0 Å². The van der Waals surface area contributed by atoms with Crippen molar-refractivity contribution in [3.8, 4) is 0 Å². The van der Waals surface area contributed by atoms with Crippen molar-refractivity contribution < 1.29 is 4.74 Å². The molecular weight excluding hydrogens is 310 g/mol. The molecule has 0 fully saturated rings. The summed E-state index contributed by atoms with van der Waals surface area (Å²) in [5.74, 6) is 0.141. The van der Waals surface area contributed by atoms with Gasteiger partial charge in [0.05, 0.1) is 18.9 Å². The summed E-state index contributed by atoms with van der Waals surface area (Å²) in [4.78, 5) is 0. The van der Waals surface area contributed by atoms with Gasteiger partial charge in [0.1, 0.15) is 0 Å². The lowest BCUT2D eigenvalue weighted by molar-refractivity contribution is 0.380. The van der Waals surface area contributed by atoms with Crippen molar-refractivity contribution in [3.05, 3.63) is 70.7 Å². The first-order valence-corrected chi connectivity index (χ1v) is 7.71. The van der Waals surface area contributed by atoms with E-state index in [1.165, 1.54) is 7.11 Å². The summed E-state index contributed by atoms with van der Waals surface area (Å²) in [6.45, 7) is 0.617. The van der Waals surface area contributed by atoms with E-state index >= 15 is 0 Å². The molecule has 1 atom stereocenters. The summed E-state index contributed by atoms with van der Waals surface area (Å²) in [7, 11) is 1.47. The van der Waals surface area contributed by atoms with E-state index < -0.39 is 0 Å². The Labute approximate surface area is 141 Å². The third kappa shape index (κ3) is 5.20. The fourth-order valence-corrected chi connectivity index (χ4v) is 2.43. The number of rotatable bonds is 7. The zero-order valence-corrected chi connectivity index (χ0v) is 13.7. The van der Waals surface area contributed by atoms with Crippen LogP contribution in [0.3, 0.4) is 0 Å². The Morgan fingerprint density at radius 1 is 1.13 bits per heavy atom. The summed E-state index contributed by atoms with van der Waals surface area (Å²) in [5, 5.41) is 20.1. The number of benzene rings is 2. The predicted octanol–water partition coefficient (Wildman–Crippen LogP) is 3.88. The van der Waals surface area contributed by atoms with E-state index in [0.717, 1.165) is 11.1 Å². The Hall–Kier alpha value is -2.17. The standard InChI is InChI=1S/C18H20ClN3O/c1-23-17(20)11-16(22-12-13-6-3-2-4-7-13)18(21)14-8-5-9-15(19)10-14/h2-10,16,20-22H,11-12H2,1H3. The quantitative estimate of drug-likeness (QED) is 0.533. The average molecular weight is 330 g/mol. The van der Waals surface area contributed by atoms with Gasteiger partial charge in [-0.25, -0.2) is 0 Å². The molecule has 0 heterocycles. The van der Waals surface area contributed by atoms with Gasteiger partial charge in [0.25, 0.3) is 0 Å². The van der Waals surface area contributed by atoms with E-state index in [2.05, 4.69) is 5.32 Å². The van der Waals surface area contributed by atoms with E-state index in [-0.39, 0.29) is 11.9 Å². The van der Waals surface area contributed by atoms with Crippen LogP contribution in [-0.4, -0.2) is 24.8 Å². The Morgan fingerprint density at radius 3 is 2.52 bits per heavy atom. The summed E-state index contributed by atoms with van der Waals surface area (Å²) in [6.07, 6.45) is 0.314. The van der Waals surface area contributed by atoms with Crippen LogP contribution in [0.2, 0.25) is 5.02 Å². The van der Waals surface area contributed by atoms with Crippen LogP contribution in [0.4, 0.5) is 0 Å². The minimum atomic E-state index is -0.318. The summed E-state index contributed by atoms with van der Waals surface area (Å²) < 4.78 is 4.96. The van der Waals surface area contributed by atoms with Crippen LogP contribution >= 0.6 is 11.6 Å². The molecule has 2 aromatic carbocycles. The maximum absolute atomic E-state index is 8.44. The van der Waals surface area contributed by atoms with Gasteiger partial charge in [-0.05, 0) is 23.3 Å². The first-order valence-electron chi connectivity index (χ1n) is 7.33. The van der Waals surface area contributed by atoms with Crippen LogP contribution in [0.15, 0.2) is 54.6 Å². The molecule has 5 heteroatoms. The molecule has 120 valence electrons. The smallest absolute Gasteiger partial charge is 0.182 e. The molecule has 0 radical (unpaired) electrons. The highest BCUT2D eigenvalue weighted by atomic mass is 35.5. The summed E-state index contributed by atoms with van der Waals surface area (Å²) in [6, 6.07) is 16.9. The Balaban J connectivity index is 2.12. The molecule has 0 saturated carbocycles. The molecule has 0 aliphatic carbocycles. The zero-order valence-electron chi connectivity index (χ0n) is 13.0. The molecule has 0 saturated heterocycles. The van der Waals surface area contributed by atoms with Gasteiger partial charge in [-0.3, -0.25) is 5.41 Å². The van der Waals surface area contributed by atoms with Crippen LogP contribution < -0.4 is 5.32 Å². The van der Waals surface area contributed by atoms with Gasteiger partial charge in [-0.1, -0.05) is 54.1 Å². The molecule has 0 amide bonds. The molecule has 3 N–H and O–H groups in total. The third-order valence-electron chi connectivity index (χ3n) is 3.52. The van der Waals surface area contributed by atoms with Gasteiger partial charge in [-0.15, -0.1) is 0 Å². The molecule has 0 bridgehead atoms. The van der Waals surface area contributed by atoms with Crippen molar-refractivity contribution in [2.45, 2.75) is 19.0 Å². The van der Waals surface area contributed by atoms with E-state index in [1.54, 1.807) is 12.1 Å². The lowest BCUT2D eigenvalue weighted by atomic mass is 10.00. The first kappa shape index (κ1) is 17.2. The fourth-order valence-electron chi connectivity index (χ4n) is 2.24. The SMILES string of the molecule is COC(=N)CC(NCc1ccccc1)C(=N)c1cccc(Cl)c1. The minimum absolute atomic E-state index is 0.141. The molecular formula is C18H20ClN3O. The highest BCUT2D eigenvalue weighted by Crippen LogP contribution is 2.14. The summed E-state index contributed by atoms with van der Waals surface area (Å²) in [5.41, 5.74) is 2.26. The van der Waals surface area contributed by atoms with Crippen molar-refractivity contribution in [1.82, 2.24) is 5.32 Å². The van der Waals surface area contributed by atoms with Gasteiger partial charge in [0, 0.05) is 18.0 Å². The Morgan fingerprint density at radius 2 is 1.87 bits per heavy atom. The number of hydrogen-bond acceptors (Lipinski definition) is 4. The van der Waals surface area contributed by atoms with Crippen LogP contribution in [0.5, 0.6) is 0 Å². The van der Waals surface area contributed by atoms with Gasteiger partial charge >= 0.3 is 0 Å². The Kier molecular flexibility index (Phi) is 6.32. The van der Waals surface area contributed by atoms with Crippen molar-refractivity contribution in [2.75, 3.05) is 7.11 Å². The molecule has 1 unspecified atom stereocenters. The third-order valence-corrected chi connectivity index (χ3v) is 3.75. The maximum atomic E-state index is 8.44. The summed E-state index contributed by atoms with van der Waals surface area (Å²) >= 11 is 6.02. The van der Waals surface area contributed by atoms with Crippen molar-refractivity contribution >= 4 is 23.2 Å². The second-order valence-electron chi connectivity index (χ2n) is 5.17. The van der Waals surface area contributed by atoms with Gasteiger partial charge < -0.3 is 15.5 Å². The molecule has 0 aromatic heterocycles. The van der Waals surface area contributed by atoms with Crippen LogP contribution in [0.25, 0.3) is 0 Å². The number of ether oxygens (including phenoxy) is 1. The molecule has 2 rings (SSSR count). The first-order chi connectivity index (χ1) is 11.1. The average Bonchev–Trinajstić information content (AvgIpc) is 2.58. The monoisotopic (exact) mass is 329 g/mol. The zero-order chi connectivity index (χ0) is 16.7. The molecule has 0 spiro atoms. The molecule has 0 aliphatic heterocycles. The van der Waals surface area contributed by atoms with Crippen molar-refractivity contribution in [2.24, 2.45) is 0 Å². The molecule has 4 nitrogen and oxygen atoms in total. The number of nitrogens with one attached hydrogen (secondary N) is 3. The second kappa shape index (κ2) is 8.46. The lowest BCUT2D eigenvalue weighted by Crippen LogP contribution is -2.38. The fraction of sp³-hybridized carbons (Fsp3) is 0.222. The van der Waals surface area contributed by atoms with Crippen LogP contribution in [0.1, 0.15) is 17.5 Å².